The minimum absolute atomic E-state index is 0.0484. The number of hydrogen-bond acceptors (Lipinski definition) is 15. The van der Waals surface area contributed by atoms with Crippen molar-refractivity contribution in [2.24, 2.45) is 5.73 Å². The Morgan fingerprint density at radius 3 is 1.93 bits per heavy atom. The van der Waals surface area contributed by atoms with Crippen molar-refractivity contribution < 1.29 is 68.6 Å². The van der Waals surface area contributed by atoms with E-state index in [0.717, 1.165) is 11.1 Å². The molecule has 0 bridgehead atoms. The van der Waals surface area contributed by atoms with Crippen LogP contribution in [0.5, 0.6) is 11.5 Å². The molecule has 0 radical (unpaired) electrons. The molecule has 16 nitrogen and oxygen atoms in total. The average molecular weight is 847 g/mol. The molecule has 61 heavy (non-hydrogen) atoms. The second-order valence-electron chi connectivity index (χ2n) is 15.2. The Bertz CT molecular complexity index is 1940. The maximum atomic E-state index is 12.9. The second kappa shape index (κ2) is 21.8. The Labute approximate surface area is 353 Å². The van der Waals surface area contributed by atoms with Crippen molar-refractivity contribution in [1.29, 1.82) is 0 Å². The molecule has 2 fully saturated rings. The summed E-state index contributed by atoms with van der Waals surface area (Å²) in [7, 11) is 0. The maximum Gasteiger partial charge on any atom is 0.238 e. The highest BCUT2D eigenvalue weighted by Gasteiger charge is 2.51. The number of rotatable bonds is 19. The first-order chi connectivity index (χ1) is 29.5. The third kappa shape index (κ3) is 11.8. The van der Waals surface area contributed by atoms with Gasteiger partial charge in [0.1, 0.15) is 73.2 Å². The number of nitrogens with two attached hydrogens (primary N) is 1. The Morgan fingerprint density at radius 2 is 1.30 bits per heavy atom. The van der Waals surface area contributed by atoms with E-state index >= 15 is 0 Å². The molecule has 2 aliphatic heterocycles. The molecule has 9 N–H and O–H groups in total. The van der Waals surface area contributed by atoms with Gasteiger partial charge >= 0.3 is 0 Å². The Kier molecular flexibility index (Phi) is 16.3. The summed E-state index contributed by atoms with van der Waals surface area (Å²) in [5.74, 6) is 0.0859. The van der Waals surface area contributed by atoms with Gasteiger partial charge in [-0.25, -0.2) is 0 Å². The van der Waals surface area contributed by atoms with Crippen LogP contribution in [0.2, 0.25) is 0 Å². The van der Waals surface area contributed by atoms with Gasteiger partial charge in [-0.15, -0.1) is 0 Å². The first-order valence-corrected chi connectivity index (χ1v) is 20.1. The van der Waals surface area contributed by atoms with Crippen LogP contribution >= 0.6 is 0 Å². The quantitative estimate of drug-likeness (QED) is 0.0610. The molecule has 6 rings (SSSR count). The smallest absolute Gasteiger partial charge is 0.238 e. The van der Waals surface area contributed by atoms with Crippen molar-refractivity contribution >= 4 is 12.2 Å². The van der Waals surface area contributed by atoms with E-state index in [0.29, 0.717) is 29.8 Å². The largest absolute Gasteiger partial charge is 0.489 e. The van der Waals surface area contributed by atoms with Crippen LogP contribution in [0.3, 0.4) is 0 Å². The third-order valence-electron chi connectivity index (χ3n) is 10.8. The molecule has 328 valence electrons. The maximum absolute atomic E-state index is 12.9. The average Bonchev–Trinajstić information content (AvgIpc) is 3.29. The molecule has 4 aromatic rings. The van der Waals surface area contributed by atoms with E-state index in [1.54, 1.807) is 48.5 Å². The van der Waals surface area contributed by atoms with Crippen LogP contribution in [-0.2, 0) is 48.2 Å². The summed E-state index contributed by atoms with van der Waals surface area (Å²) in [5, 5.41) is 67.4. The third-order valence-corrected chi connectivity index (χ3v) is 10.8. The number of aliphatic hydroxyl groups is 6. The number of carbonyl (C=O) groups is 2. The number of nitrogens with one attached hydrogen (secondary N) is 1. The fourth-order valence-electron chi connectivity index (χ4n) is 7.15. The van der Waals surface area contributed by atoms with Gasteiger partial charge in [0.25, 0.3) is 0 Å². The van der Waals surface area contributed by atoms with Crippen molar-refractivity contribution in [3.63, 3.8) is 0 Å². The predicted octanol–water partition coefficient (Wildman–Crippen LogP) is 0.850. The van der Waals surface area contributed by atoms with Crippen LogP contribution in [0.1, 0.15) is 35.1 Å². The number of amides is 1. The SMILES string of the molecule is CC(c1ccccc1)[C@H](N)C(=O)N[C@H](C=O)Cc1ccc(OC2OC(CO)C(OC3OC(CO)C(O)C(OCc4ccc(OCc5ccccc5)cc4)C3O)C(O)C2O)cc1. The normalized spacial score (nSPS) is 27.9. The van der Waals surface area contributed by atoms with Crippen molar-refractivity contribution in [1.82, 2.24) is 5.32 Å². The van der Waals surface area contributed by atoms with E-state index in [9.17, 15) is 40.2 Å². The number of carbonyl (C=O) groups excluding carboxylic acids is 2. The number of aliphatic hydroxyl groups excluding tert-OH is 6. The molecule has 11 unspecified atom stereocenters. The van der Waals surface area contributed by atoms with E-state index in [1.807, 2.05) is 67.6 Å². The summed E-state index contributed by atoms with van der Waals surface area (Å²) in [6, 6.07) is 30.7. The monoisotopic (exact) mass is 846 g/mol. The van der Waals surface area contributed by atoms with E-state index in [4.69, 9.17) is 34.2 Å². The molecule has 2 saturated heterocycles. The van der Waals surface area contributed by atoms with Gasteiger partial charge in [0.2, 0.25) is 12.2 Å². The van der Waals surface area contributed by atoms with Gasteiger partial charge in [-0.05, 0) is 52.9 Å². The minimum atomic E-state index is -1.74. The highest BCUT2D eigenvalue weighted by molar-refractivity contribution is 5.85. The summed E-state index contributed by atoms with van der Waals surface area (Å²) in [4.78, 5) is 24.8. The summed E-state index contributed by atoms with van der Waals surface area (Å²) >= 11 is 0. The van der Waals surface area contributed by atoms with Gasteiger partial charge in [-0.3, -0.25) is 4.79 Å². The lowest BCUT2D eigenvalue weighted by Crippen LogP contribution is -2.65. The zero-order valence-corrected chi connectivity index (χ0v) is 33.5. The summed E-state index contributed by atoms with van der Waals surface area (Å²) in [5.41, 5.74) is 9.48. The lowest BCUT2D eigenvalue weighted by molar-refractivity contribution is -0.355. The van der Waals surface area contributed by atoms with Crippen molar-refractivity contribution in [2.75, 3.05) is 13.2 Å². The molecule has 1 amide bonds. The zero-order valence-electron chi connectivity index (χ0n) is 33.5. The van der Waals surface area contributed by atoms with Crippen LogP contribution in [0.4, 0.5) is 0 Å². The van der Waals surface area contributed by atoms with Crippen LogP contribution in [0.25, 0.3) is 0 Å². The lowest BCUT2D eigenvalue weighted by Gasteiger charge is -2.46. The summed E-state index contributed by atoms with van der Waals surface area (Å²) in [6.07, 6.45) is -14.2. The molecule has 16 heteroatoms. The fourth-order valence-corrected chi connectivity index (χ4v) is 7.15. The Morgan fingerprint density at radius 1 is 0.705 bits per heavy atom. The standard InChI is InChI=1S/C45H54N2O14/c1-26(30-10-6-3-7-11-30)36(46)43(55)47-31(21-48)20-27-12-18-33(19-13-27)58-44-39(53)38(52)41(35(23-50)60-44)61-45-40(54)42(37(51)34(22-49)59-45)57-25-29-14-16-32(17-15-29)56-24-28-8-4-2-5-9-28/h2-19,21,26,31,34-42,44-45,49-54H,20,22-25,46H2,1H3,(H,47,55)/t26?,31-,34?,35?,36-,37?,38?,39?,40?,41?,42?,44?,45?/m0/s1. The molecule has 13 atom stereocenters. The minimum Gasteiger partial charge on any atom is -0.489 e. The van der Waals surface area contributed by atoms with Gasteiger partial charge < -0.3 is 74.9 Å². The molecule has 2 aliphatic rings. The van der Waals surface area contributed by atoms with Crippen LogP contribution in [-0.4, -0.2) is 130 Å². The van der Waals surface area contributed by atoms with Crippen LogP contribution in [0.15, 0.2) is 109 Å². The Balaban J connectivity index is 1.01. The van der Waals surface area contributed by atoms with Crippen molar-refractivity contribution in [3.8, 4) is 11.5 Å². The predicted molar refractivity (Wildman–Crippen MR) is 218 cm³/mol. The summed E-state index contributed by atoms with van der Waals surface area (Å²) in [6.45, 7) is 0.799. The molecule has 0 saturated carbocycles. The summed E-state index contributed by atoms with van der Waals surface area (Å²) < 4.78 is 34.9. The topological polar surface area (TPSA) is 249 Å². The van der Waals surface area contributed by atoms with Crippen molar-refractivity contribution in [3.05, 3.63) is 131 Å². The molecular formula is C45H54N2O14. The zero-order chi connectivity index (χ0) is 43.5. The highest BCUT2D eigenvalue weighted by Crippen LogP contribution is 2.32. The molecule has 2 heterocycles. The van der Waals surface area contributed by atoms with Gasteiger partial charge in [0.15, 0.2) is 6.29 Å². The van der Waals surface area contributed by atoms with Crippen LogP contribution in [0, 0.1) is 0 Å². The molecule has 0 aliphatic carbocycles. The molecule has 0 spiro atoms. The number of benzene rings is 4. The highest BCUT2D eigenvalue weighted by atomic mass is 16.7. The first-order valence-electron chi connectivity index (χ1n) is 20.1. The molecule has 4 aromatic carbocycles. The molecular weight excluding hydrogens is 792 g/mol. The van der Waals surface area contributed by atoms with E-state index in [2.05, 4.69) is 5.32 Å². The Hall–Kier alpha value is -4.82. The van der Waals surface area contributed by atoms with Crippen LogP contribution < -0.4 is 20.5 Å². The fraction of sp³-hybridized carbons (Fsp3) is 0.422. The molecule has 0 aromatic heterocycles. The first kappa shape index (κ1) is 45.7. The number of aldehydes is 1. The second-order valence-corrected chi connectivity index (χ2v) is 15.2. The van der Waals surface area contributed by atoms with Gasteiger partial charge in [-0.2, -0.15) is 0 Å². The van der Waals surface area contributed by atoms with E-state index < -0.39 is 92.6 Å². The van der Waals surface area contributed by atoms with E-state index in [1.165, 1.54) is 0 Å². The van der Waals surface area contributed by atoms with Gasteiger partial charge in [0.05, 0.1) is 31.9 Å². The van der Waals surface area contributed by atoms with Gasteiger partial charge in [0, 0.05) is 5.92 Å². The van der Waals surface area contributed by atoms with E-state index in [-0.39, 0.29) is 24.7 Å². The van der Waals surface area contributed by atoms with Gasteiger partial charge in [-0.1, -0.05) is 91.9 Å². The van der Waals surface area contributed by atoms with Crippen molar-refractivity contribution in [2.45, 2.75) is 106 Å². The number of hydrogen-bond donors (Lipinski definition) is 8. The number of ether oxygens (including phenoxy) is 6. The lowest BCUT2D eigenvalue weighted by atomic mass is 9.93.